The van der Waals surface area contributed by atoms with Crippen molar-refractivity contribution >= 4 is 17.7 Å². The molecule has 2 heterocycles. The summed E-state index contributed by atoms with van der Waals surface area (Å²) in [4.78, 5) is 26.4. The molecule has 0 aliphatic carbocycles. The molecular weight excluding hydrogens is 292 g/mol. The number of hydrogen-bond acceptors (Lipinski definition) is 3. The van der Waals surface area contributed by atoms with Gasteiger partial charge in [0, 0.05) is 18.8 Å². The van der Waals surface area contributed by atoms with Gasteiger partial charge in [0.25, 0.3) is 0 Å². The zero-order valence-corrected chi connectivity index (χ0v) is 14.0. The highest BCUT2D eigenvalue weighted by Crippen LogP contribution is 2.40. The van der Waals surface area contributed by atoms with Crippen LogP contribution in [0.2, 0.25) is 0 Å². The summed E-state index contributed by atoms with van der Waals surface area (Å²) in [5.74, 6) is 0.0126. The normalized spacial score (nSPS) is 24.1. The summed E-state index contributed by atoms with van der Waals surface area (Å²) in [5, 5.41) is 2.95. The minimum Gasteiger partial charge on any atom is -0.444 e. The lowest BCUT2D eigenvalue weighted by atomic mass is 9.82. The number of para-hydroxylation sites is 1. The van der Waals surface area contributed by atoms with Crippen LogP contribution in [-0.4, -0.2) is 35.6 Å². The van der Waals surface area contributed by atoms with Crippen LogP contribution in [0, 0.1) is 5.92 Å². The van der Waals surface area contributed by atoms with E-state index in [2.05, 4.69) is 5.32 Å². The van der Waals surface area contributed by atoms with Gasteiger partial charge in [0.2, 0.25) is 5.91 Å². The fourth-order valence-electron chi connectivity index (χ4n) is 3.48. The second-order valence-corrected chi connectivity index (χ2v) is 7.38. The van der Waals surface area contributed by atoms with Crippen molar-refractivity contribution in [1.82, 2.24) is 4.90 Å². The van der Waals surface area contributed by atoms with Crippen molar-refractivity contribution in [3.8, 4) is 0 Å². The lowest BCUT2D eigenvalue weighted by Crippen LogP contribution is -2.44. The number of ether oxygens (including phenoxy) is 1. The van der Waals surface area contributed by atoms with Crippen LogP contribution in [0.3, 0.4) is 0 Å². The molecule has 2 amide bonds. The summed E-state index contributed by atoms with van der Waals surface area (Å²) in [6.45, 7) is 6.87. The number of nitrogens with one attached hydrogen (secondary N) is 1. The molecule has 1 aromatic carbocycles. The summed E-state index contributed by atoms with van der Waals surface area (Å²) in [5.41, 5.74) is 1.45. The first-order valence-corrected chi connectivity index (χ1v) is 8.23. The van der Waals surface area contributed by atoms with Crippen molar-refractivity contribution in [1.29, 1.82) is 0 Å². The number of anilines is 1. The second-order valence-electron chi connectivity index (χ2n) is 7.38. The third kappa shape index (κ3) is 3.33. The maximum Gasteiger partial charge on any atom is 0.410 e. The van der Waals surface area contributed by atoms with Gasteiger partial charge in [-0.05, 0) is 51.2 Å². The van der Waals surface area contributed by atoms with E-state index in [9.17, 15) is 9.59 Å². The minimum absolute atomic E-state index is 0.0437. The van der Waals surface area contributed by atoms with Gasteiger partial charge in [0.05, 0.1) is 5.92 Å². The van der Waals surface area contributed by atoms with Crippen LogP contribution >= 0.6 is 0 Å². The average Bonchev–Trinajstić information content (AvgIpc) is 2.81. The predicted octanol–water partition coefficient (Wildman–Crippen LogP) is 3.37. The zero-order chi connectivity index (χ0) is 16.6. The number of benzene rings is 1. The molecule has 0 aromatic heterocycles. The van der Waals surface area contributed by atoms with Crippen LogP contribution in [0.1, 0.15) is 45.1 Å². The Kier molecular flexibility index (Phi) is 4.04. The number of hydrogen-bond donors (Lipinski definition) is 1. The van der Waals surface area contributed by atoms with Gasteiger partial charge < -0.3 is 15.0 Å². The molecule has 5 heteroatoms. The lowest BCUT2D eigenvalue weighted by Gasteiger charge is -2.36. The van der Waals surface area contributed by atoms with Gasteiger partial charge in [0.15, 0.2) is 0 Å². The van der Waals surface area contributed by atoms with Crippen LogP contribution in [0.5, 0.6) is 0 Å². The lowest BCUT2D eigenvalue weighted by molar-refractivity contribution is -0.118. The Morgan fingerprint density at radius 3 is 2.78 bits per heavy atom. The maximum absolute atomic E-state index is 12.4. The number of nitrogens with zero attached hydrogens (tertiary/aromatic N) is 1. The third-order valence-corrected chi connectivity index (χ3v) is 4.42. The Labute approximate surface area is 137 Å². The van der Waals surface area contributed by atoms with Crippen LogP contribution in [0.15, 0.2) is 24.3 Å². The van der Waals surface area contributed by atoms with Crippen molar-refractivity contribution in [3.05, 3.63) is 29.8 Å². The monoisotopic (exact) mass is 316 g/mol. The predicted molar refractivity (Wildman–Crippen MR) is 88.3 cm³/mol. The highest BCUT2D eigenvalue weighted by molar-refractivity contribution is 6.03. The molecule has 5 nitrogen and oxygen atoms in total. The minimum atomic E-state index is -0.499. The van der Waals surface area contributed by atoms with Gasteiger partial charge in [-0.2, -0.15) is 0 Å². The van der Waals surface area contributed by atoms with Crippen molar-refractivity contribution in [2.75, 3.05) is 18.4 Å². The summed E-state index contributed by atoms with van der Waals surface area (Å²) in [6.07, 6.45) is 1.57. The molecule has 0 radical (unpaired) electrons. The molecule has 23 heavy (non-hydrogen) atoms. The van der Waals surface area contributed by atoms with Gasteiger partial charge >= 0.3 is 6.09 Å². The second kappa shape index (κ2) is 5.87. The SMILES string of the molecule is CC(C)(C)OC(=O)N1CCC[C@@H]([C@@H]2C(=O)Nc3ccccc32)C1. The van der Waals surface area contributed by atoms with E-state index in [1.807, 2.05) is 45.0 Å². The van der Waals surface area contributed by atoms with Crippen molar-refractivity contribution < 1.29 is 14.3 Å². The topological polar surface area (TPSA) is 58.6 Å². The number of likely N-dealkylation sites (tertiary alicyclic amines) is 1. The Morgan fingerprint density at radius 1 is 1.30 bits per heavy atom. The quantitative estimate of drug-likeness (QED) is 0.864. The molecule has 0 spiro atoms. The van der Waals surface area contributed by atoms with E-state index in [4.69, 9.17) is 4.74 Å². The van der Waals surface area contributed by atoms with Crippen molar-refractivity contribution in [3.63, 3.8) is 0 Å². The van der Waals surface area contributed by atoms with Crippen molar-refractivity contribution in [2.24, 2.45) is 5.92 Å². The molecule has 1 fully saturated rings. The van der Waals surface area contributed by atoms with Crippen LogP contribution in [0.25, 0.3) is 0 Å². The summed E-state index contributed by atoms with van der Waals surface area (Å²) in [6, 6.07) is 7.82. The molecule has 1 saturated heterocycles. The first-order valence-electron chi connectivity index (χ1n) is 8.23. The number of piperidine rings is 1. The smallest absolute Gasteiger partial charge is 0.410 e. The van der Waals surface area contributed by atoms with Crippen molar-refractivity contribution in [2.45, 2.75) is 45.1 Å². The fraction of sp³-hybridized carbons (Fsp3) is 0.556. The number of fused-ring (bicyclic) bond motifs is 1. The van der Waals surface area contributed by atoms with E-state index in [1.165, 1.54) is 0 Å². The van der Waals surface area contributed by atoms with Crippen LogP contribution in [0.4, 0.5) is 10.5 Å². The first kappa shape index (κ1) is 15.8. The zero-order valence-electron chi connectivity index (χ0n) is 14.0. The molecule has 2 aliphatic rings. The summed E-state index contributed by atoms with van der Waals surface area (Å²) in [7, 11) is 0. The Hall–Kier alpha value is -2.04. The van der Waals surface area contributed by atoms with Crippen LogP contribution in [-0.2, 0) is 9.53 Å². The number of amides is 2. The highest BCUT2D eigenvalue weighted by atomic mass is 16.6. The Bertz CT molecular complexity index is 621. The van der Waals surface area contributed by atoms with E-state index in [-0.39, 0.29) is 23.8 Å². The standard InChI is InChI=1S/C18H24N2O3/c1-18(2,3)23-17(22)20-10-6-7-12(11-20)15-13-8-4-5-9-14(13)19-16(15)21/h4-5,8-9,12,15H,6-7,10-11H2,1-3H3,(H,19,21)/t12-,15+/m1/s1. The van der Waals surface area contributed by atoms with Gasteiger partial charge in [0.1, 0.15) is 5.60 Å². The molecule has 0 unspecified atom stereocenters. The van der Waals surface area contributed by atoms with E-state index in [1.54, 1.807) is 4.90 Å². The van der Waals surface area contributed by atoms with E-state index in [0.29, 0.717) is 13.1 Å². The van der Waals surface area contributed by atoms with E-state index in [0.717, 1.165) is 24.1 Å². The fourth-order valence-corrected chi connectivity index (χ4v) is 3.48. The molecule has 124 valence electrons. The highest BCUT2D eigenvalue weighted by Gasteiger charge is 2.39. The molecule has 2 atom stereocenters. The molecule has 0 saturated carbocycles. The average molecular weight is 316 g/mol. The van der Waals surface area contributed by atoms with Gasteiger partial charge in [-0.25, -0.2) is 4.79 Å². The largest absolute Gasteiger partial charge is 0.444 e. The summed E-state index contributed by atoms with van der Waals surface area (Å²) >= 11 is 0. The number of carbonyl (C=O) groups excluding carboxylic acids is 2. The Balaban J connectivity index is 1.74. The molecule has 1 N–H and O–H groups in total. The molecule has 2 aliphatic heterocycles. The maximum atomic E-state index is 12.4. The van der Waals surface area contributed by atoms with E-state index < -0.39 is 5.60 Å². The molecule has 1 aromatic rings. The number of carbonyl (C=O) groups is 2. The first-order chi connectivity index (χ1) is 10.8. The van der Waals surface area contributed by atoms with Gasteiger partial charge in [-0.3, -0.25) is 4.79 Å². The molecule has 0 bridgehead atoms. The van der Waals surface area contributed by atoms with E-state index >= 15 is 0 Å². The Morgan fingerprint density at radius 2 is 2.04 bits per heavy atom. The van der Waals surface area contributed by atoms with Gasteiger partial charge in [-0.15, -0.1) is 0 Å². The molecular formula is C18H24N2O3. The number of rotatable bonds is 1. The third-order valence-electron chi connectivity index (χ3n) is 4.42. The summed E-state index contributed by atoms with van der Waals surface area (Å²) < 4.78 is 5.47. The molecule has 3 rings (SSSR count). The van der Waals surface area contributed by atoms with Crippen LogP contribution < -0.4 is 5.32 Å². The van der Waals surface area contributed by atoms with Gasteiger partial charge in [-0.1, -0.05) is 18.2 Å².